The Morgan fingerprint density at radius 2 is 2.26 bits per heavy atom. The number of hydrogen-bond acceptors (Lipinski definition) is 5. The number of nitrogens with one attached hydrogen (secondary N) is 1. The van der Waals surface area contributed by atoms with Crippen molar-refractivity contribution in [2.24, 2.45) is 0 Å². The van der Waals surface area contributed by atoms with Crippen LogP contribution in [0.4, 0.5) is 11.4 Å². The Balaban J connectivity index is 1.88. The van der Waals surface area contributed by atoms with Gasteiger partial charge in [0.15, 0.2) is 6.10 Å². The molecule has 0 aliphatic carbocycles. The summed E-state index contributed by atoms with van der Waals surface area (Å²) in [5, 5.41) is 11.4. The zero-order valence-corrected chi connectivity index (χ0v) is 10.0. The predicted molar refractivity (Wildman–Crippen MR) is 67.0 cm³/mol. The van der Waals surface area contributed by atoms with Crippen LogP contribution in [0.2, 0.25) is 0 Å². The van der Waals surface area contributed by atoms with Gasteiger partial charge in [-0.05, 0) is 18.2 Å². The third-order valence-corrected chi connectivity index (χ3v) is 3.28. The highest BCUT2D eigenvalue weighted by atomic mass is 16.5. The number of amides is 1. The third-order valence-electron chi connectivity index (χ3n) is 3.28. The van der Waals surface area contributed by atoms with E-state index in [1.165, 1.54) is 0 Å². The van der Waals surface area contributed by atoms with Crippen molar-refractivity contribution >= 4 is 23.1 Å². The van der Waals surface area contributed by atoms with Crippen molar-refractivity contribution in [2.45, 2.75) is 6.10 Å². The number of anilines is 2. The van der Waals surface area contributed by atoms with Crippen LogP contribution in [-0.4, -0.2) is 37.5 Å². The number of nitrogens with zero attached hydrogens (tertiary/aromatic N) is 2. The minimum atomic E-state index is -0.593. The lowest BCUT2D eigenvalue weighted by atomic mass is 10.1. The van der Waals surface area contributed by atoms with Gasteiger partial charge < -0.3 is 15.0 Å². The third kappa shape index (κ3) is 1.94. The van der Waals surface area contributed by atoms with Gasteiger partial charge >= 0.3 is 0 Å². The number of fused-ring (bicyclic) bond motifs is 1. The van der Waals surface area contributed by atoms with E-state index >= 15 is 0 Å². The van der Waals surface area contributed by atoms with Crippen LogP contribution in [0.5, 0.6) is 0 Å². The molecule has 3 rings (SSSR count). The van der Waals surface area contributed by atoms with E-state index in [0.717, 1.165) is 5.69 Å². The molecule has 1 aromatic rings. The summed E-state index contributed by atoms with van der Waals surface area (Å²) in [4.78, 5) is 24.8. The number of ether oxygens (including phenoxy) is 1. The number of hydrogen-bond donors (Lipinski definition) is 1. The number of carbonyl (C=O) groups is 2. The highest BCUT2D eigenvalue weighted by molar-refractivity contribution is 6.51. The van der Waals surface area contributed by atoms with Crippen LogP contribution in [0.25, 0.3) is 0 Å². The van der Waals surface area contributed by atoms with Gasteiger partial charge in [-0.3, -0.25) is 9.59 Å². The van der Waals surface area contributed by atoms with Crippen LogP contribution in [0.1, 0.15) is 10.4 Å². The first-order chi connectivity index (χ1) is 9.19. The molecule has 2 aliphatic rings. The molecule has 0 aromatic heterocycles. The molecule has 19 heavy (non-hydrogen) atoms. The van der Waals surface area contributed by atoms with Crippen LogP contribution in [0.15, 0.2) is 18.2 Å². The lowest BCUT2D eigenvalue weighted by molar-refractivity contribution is -0.112. The molecular weight excluding hydrogens is 246 g/mol. The molecule has 2 aliphatic heterocycles. The molecule has 1 N–H and O–H groups in total. The molecule has 0 spiro atoms. The predicted octanol–water partition coefficient (Wildman–Crippen LogP) is 0.550. The number of Topliss-reactive ketones (excluding diaryl/α,β-unsaturated/α-hetero) is 1. The molecule has 1 atom stereocenters. The number of nitriles is 1. The average Bonchev–Trinajstić information content (AvgIpc) is 2.73. The van der Waals surface area contributed by atoms with Gasteiger partial charge in [0.25, 0.3) is 11.7 Å². The maximum Gasteiger partial charge on any atom is 0.296 e. The molecule has 1 amide bonds. The molecule has 0 radical (unpaired) electrons. The molecule has 96 valence electrons. The van der Waals surface area contributed by atoms with E-state index in [4.69, 9.17) is 10.00 Å². The van der Waals surface area contributed by atoms with E-state index < -0.39 is 17.8 Å². The van der Waals surface area contributed by atoms with E-state index in [1.807, 2.05) is 4.90 Å². The normalized spacial score (nSPS) is 21.8. The Kier molecular flexibility index (Phi) is 2.69. The Morgan fingerprint density at radius 3 is 3.05 bits per heavy atom. The summed E-state index contributed by atoms with van der Waals surface area (Å²) >= 11 is 0. The Hall–Kier alpha value is -2.39. The summed E-state index contributed by atoms with van der Waals surface area (Å²) < 4.78 is 5.28. The molecule has 1 saturated heterocycles. The topological polar surface area (TPSA) is 82.4 Å². The van der Waals surface area contributed by atoms with Crippen molar-refractivity contribution in [1.82, 2.24) is 0 Å². The Labute approximate surface area is 109 Å². The minimum absolute atomic E-state index is 0.402. The zero-order valence-electron chi connectivity index (χ0n) is 10.0. The van der Waals surface area contributed by atoms with Crippen molar-refractivity contribution in [3.8, 4) is 6.07 Å². The van der Waals surface area contributed by atoms with E-state index in [9.17, 15) is 9.59 Å². The number of ketones is 1. The van der Waals surface area contributed by atoms with Gasteiger partial charge in [0.05, 0.1) is 30.5 Å². The van der Waals surface area contributed by atoms with Gasteiger partial charge in [-0.25, -0.2) is 0 Å². The first-order valence-corrected chi connectivity index (χ1v) is 5.95. The van der Waals surface area contributed by atoms with Crippen molar-refractivity contribution in [2.75, 3.05) is 29.9 Å². The molecule has 6 nitrogen and oxygen atoms in total. The maximum atomic E-state index is 11.5. The monoisotopic (exact) mass is 257 g/mol. The highest BCUT2D eigenvalue weighted by Gasteiger charge is 2.29. The zero-order chi connectivity index (χ0) is 13.4. The molecular formula is C13H11N3O3. The van der Waals surface area contributed by atoms with Crippen molar-refractivity contribution in [1.29, 1.82) is 5.26 Å². The fraction of sp³-hybridized carbons (Fsp3) is 0.308. The fourth-order valence-electron chi connectivity index (χ4n) is 2.29. The second kappa shape index (κ2) is 4.37. The van der Waals surface area contributed by atoms with Crippen LogP contribution in [0.3, 0.4) is 0 Å². The number of morpholine rings is 1. The molecule has 1 aromatic carbocycles. The van der Waals surface area contributed by atoms with E-state index in [0.29, 0.717) is 30.9 Å². The van der Waals surface area contributed by atoms with Crippen LogP contribution >= 0.6 is 0 Å². The lowest BCUT2D eigenvalue weighted by Gasteiger charge is -2.31. The van der Waals surface area contributed by atoms with Gasteiger partial charge in [-0.2, -0.15) is 5.26 Å². The summed E-state index contributed by atoms with van der Waals surface area (Å²) in [5.74, 6) is -1.09. The van der Waals surface area contributed by atoms with E-state index in [1.54, 1.807) is 18.2 Å². The highest BCUT2D eigenvalue weighted by Crippen LogP contribution is 2.29. The van der Waals surface area contributed by atoms with E-state index in [-0.39, 0.29) is 0 Å². The largest absolute Gasteiger partial charge is 0.365 e. The second-order valence-electron chi connectivity index (χ2n) is 4.45. The van der Waals surface area contributed by atoms with Crippen molar-refractivity contribution < 1.29 is 14.3 Å². The smallest absolute Gasteiger partial charge is 0.296 e. The molecule has 0 saturated carbocycles. The van der Waals surface area contributed by atoms with E-state index in [2.05, 4.69) is 11.4 Å². The molecule has 1 fully saturated rings. The summed E-state index contributed by atoms with van der Waals surface area (Å²) in [6, 6.07) is 7.27. The Bertz CT molecular complexity index is 606. The molecule has 2 heterocycles. The van der Waals surface area contributed by atoms with Gasteiger partial charge in [0.2, 0.25) is 0 Å². The quantitative estimate of drug-likeness (QED) is 0.743. The molecule has 1 unspecified atom stereocenters. The fourth-order valence-corrected chi connectivity index (χ4v) is 2.29. The number of benzene rings is 1. The van der Waals surface area contributed by atoms with Crippen LogP contribution < -0.4 is 10.2 Å². The van der Waals surface area contributed by atoms with Crippen molar-refractivity contribution in [3.05, 3.63) is 23.8 Å². The number of rotatable bonds is 1. The van der Waals surface area contributed by atoms with Crippen molar-refractivity contribution in [3.63, 3.8) is 0 Å². The maximum absolute atomic E-state index is 11.5. The average molecular weight is 257 g/mol. The number of carbonyl (C=O) groups excluding carboxylic acids is 2. The Morgan fingerprint density at radius 1 is 1.42 bits per heavy atom. The standard InChI is InChI=1S/C13H11N3O3/c14-6-9-7-16(3-4-19-9)8-1-2-10-11(5-8)15-13(18)12(10)17/h1-2,5,9H,3-4,7H2,(H,15,17,18). The first-order valence-electron chi connectivity index (χ1n) is 5.95. The summed E-state index contributed by atoms with van der Waals surface area (Å²) in [6.45, 7) is 1.65. The van der Waals surface area contributed by atoms with Gasteiger partial charge in [-0.1, -0.05) is 0 Å². The minimum Gasteiger partial charge on any atom is -0.365 e. The van der Waals surface area contributed by atoms with Crippen LogP contribution in [-0.2, 0) is 9.53 Å². The summed E-state index contributed by atoms with van der Waals surface area (Å²) in [7, 11) is 0. The second-order valence-corrected chi connectivity index (χ2v) is 4.45. The van der Waals surface area contributed by atoms with Gasteiger partial charge in [0, 0.05) is 12.2 Å². The summed E-state index contributed by atoms with van der Waals surface area (Å²) in [6.07, 6.45) is -0.446. The molecule has 0 bridgehead atoms. The first kappa shape index (κ1) is 11.7. The SMILES string of the molecule is N#CC1CN(c2ccc3c(c2)NC(=O)C3=O)CCO1. The van der Waals surface area contributed by atoms with Gasteiger partial charge in [0.1, 0.15) is 0 Å². The van der Waals surface area contributed by atoms with Crippen LogP contribution in [0, 0.1) is 11.3 Å². The lowest BCUT2D eigenvalue weighted by Crippen LogP contribution is -2.41. The molecule has 6 heteroatoms. The van der Waals surface area contributed by atoms with Gasteiger partial charge in [-0.15, -0.1) is 0 Å². The summed E-state index contributed by atoms with van der Waals surface area (Å²) in [5.41, 5.74) is 1.81.